The predicted molar refractivity (Wildman–Crippen MR) is 88.6 cm³/mol. The van der Waals surface area contributed by atoms with Crippen LogP contribution < -0.4 is 0 Å². The molecule has 0 fully saturated rings. The van der Waals surface area contributed by atoms with Crippen LogP contribution in [0.25, 0.3) is 11.1 Å². The molecule has 4 nitrogen and oxygen atoms in total. The Bertz CT molecular complexity index is 760. The highest BCUT2D eigenvalue weighted by molar-refractivity contribution is 6.03. The van der Waals surface area contributed by atoms with E-state index in [-0.39, 0.29) is 11.9 Å². The van der Waals surface area contributed by atoms with Gasteiger partial charge in [0.05, 0.1) is 18.1 Å². The Kier molecular flexibility index (Phi) is 3.84. The first kappa shape index (κ1) is 15.5. The van der Waals surface area contributed by atoms with Gasteiger partial charge in [-0.1, -0.05) is 50.6 Å². The third kappa shape index (κ3) is 2.38. The minimum absolute atomic E-state index is 0.0710. The van der Waals surface area contributed by atoms with Crippen molar-refractivity contribution in [3.8, 4) is 11.1 Å². The highest BCUT2D eigenvalue weighted by Crippen LogP contribution is 2.41. The maximum Gasteiger partial charge on any atom is 0.340 e. The number of rotatable bonds is 4. The van der Waals surface area contributed by atoms with Gasteiger partial charge in [-0.3, -0.25) is 9.36 Å². The first-order valence-electron chi connectivity index (χ1n) is 7.94. The van der Waals surface area contributed by atoms with Gasteiger partial charge in [0.25, 0.3) is 0 Å². The molecule has 2 heterocycles. The molecule has 1 aromatic heterocycles. The largest absolute Gasteiger partial charge is 0.465 e. The molecule has 1 aromatic carbocycles. The van der Waals surface area contributed by atoms with E-state index in [1.807, 2.05) is 37.3 Å². The van der Waals surface area contributed by atoms with Crippen LogP contribution in [0.3, 0.4) is 0 Å². The van der Waals surface area contributed by atoms with Crippen LogP contribution in [-0.2, 0) is 11.2 Å². The fourth-order valence-corrected chi connectivity index (χ4v) is 3.55. The molecule has 0 aliphatic carbocycles. The van der Waals surface area contributed by atoms with E-state index in [1.165, 1.54) is 7.11 Å². The molecule has 1 unspecified atom stereocenters. The summed E-state index contributed by atoms with van der Waals surface area (Å²) < 4.78 is 6.64. The zero-order chi connectivity index (χ0) is 16.6. The molecule has 0 spiro atoms. The number of carbonyl (C=O) groups is 2. The summed E-state index contributed by atoms with van der Waals surface area (Å²) in [5.41, 5.74) is 2.55. The van der Waals surface area contributed by atoms with Gasteiger partial charge in [0, 0.05) is 23.9 Å². The second-order valence-electron chi connectivity index (χ2n) is 6.38. The van der Waals surface area contributed by atoms with Gasteiger partial charge in [0.1, 0.15) is 0 Å². The highest BCUT2D eigenvalue weighted by atomic mass is 16.5. The van der Waals surface area contributed by atoms with Crippen molar-refractivity contribution in [3.63, 3.8) is 0 Å². The fraction of sp³-hybridized carbons (Fsp3) is 0.368. The van der Waals surface area contributed by atoms with Crippen molar-refractivity contribution >= 4 is 11.9 Å². The Morgan fingerprint density at radius 2 is 2.00 bits per heavy atom. The van der Waals surface area contributed by atoms with E-state index in [0.29, 0.717) is 12.0 Å². The van der Waals surface area contributed by atoms with Gasteiger partial charge >= 0.3 is 5.97 Å². The number of esters is 1. The van der Waals surface area contributed by atoms with Crippen LogP contribution in [0.2, 0.25) is 0 Å². The lowest BCUT2D eigenvalue weighted by atomic mass is 9.82. The van der Waals surface area contributed by atoms with Gasteiger partial charge in [-0.15, -0.1) is 0 Å². The monoisotopic (exact) mass is 311 g/mol. The Hall–Kier alpha value is -2.36. The second-order valence-corrected chi connectivity index (χ2v) is 6.38. The number of methoxy groups -OCH3 is 1. The maximum atomic E-state index is 12.8. The van der Waals surface area contributed by atoms with Gasteiger partial charge in [0.2, 0.25) is 5.91 Å². The van der Waals surface area contributed by atoms with Crippen LogP contribution in [0.15, 0.2) is 36.5 Å². The average Bonchev–Trinajstić information content (AvgIpc) is 3.03. The van der Waals surface area contributed by atoms with Crippen LogP contribution in [0.4, 0.5) is 0 Å². The zero-order valence-electron chi connectivity index (χ0n) is 13.8. The molecule has 0 bridgehead atoms. The zero-order valence-corrected chi connectivity index (χ0v) is 13.8. The topological polar surface area (TPSA) is 48.3 Å². The van der Waals surface area contributed by atoms with E-state index < -0.39 is 5.41 Å². The maximum absolute atomic E-state index is 12.8. The summed E-state index contributed by atoms with van der Waals surface area (Å²) in [6.45, 7) is 4.05. The number of aromatic nitrogens is 1. The van der Waals surface area contributed by atoms with Gasteiger partial charge in [-0.2, -0.15) is 0 Å². The fourth-order valence-electron chi connectivity index (χ4n) is 3.55. The number of carbonyl (C=O) groups excluding carboxylic acids is 2. The molecule has 4 heteroatoms. The molecule has 23 heavy (non-hydrogen) atoms. The van der Waals surface area contributed by atoms with Crippen molar-refractivity contribution in [2.24, 2.45) is 5.41 Å². The van der Waals surface area contributed by atoms with Gasteiger partial charge in [0.15, 0.2) is 0 Å². The summed E-state index contributed by atoms with van der Waals surface area (Å²) in [4.78, 5) is 25.2. The molecule has 0 saturated carbocycles. The highest BCUT2D eigenvalue weighted by Gasteiger charge is 2.44. The van der Waals surface area contributed by atoms with E-state index in [0.717, 1.165) is 29.7 Å². The SMILES string of the molecule is CCCC1(C)Cc2c(C(=O)OC)c(-c3ccccc3)cn2C1=O. The number of hydrogen-bond donors (Lipinski definition) is 0. The van der Waals surface area contributed by atoms with Crippen molar-refractivity contribution in [2.75, 3.05) is 7.11 Å². The predicted octanol–water partition coefficient (Wildman–Crippen LogP) is 3.94. The van der Waals surface area contributed by atoms with Crippen LogP contribution in [0.1, 0.15) is 47.5 Å². The van der Waals surface area contributed by atoms with Crippen LogP contribution in [-0.4, -0.2) is 23.6 Å². The molecule has 1 aliphatic heterocycles. The Morgan fingerprint density at radius 1 is 1.30 bits per heavy atom. The molecular weight excluding hydrogens is 290 g/mol. The number of ether oxygens (including phenoxy) is 1. The molecule has 1 aliphatic rings. The van der Waals surface area contributed by atoms with Crippen LogP contribution in [0, 0.1) is 5.41 Å². The van der Waals surface area contributed by atoms with E-state index >= 15 is 0 Å². The Morgan fingerprint density at radius 3 is 2.61 bits per heavy atom. The van der Waals surface area contributed by atoms with Gasteiger partial charge in [-0.05, 0) is 12.0 Å². The summed E-state index contributed by atoms with van der Waals surface area (Å²) >= 11 is 0. The molecule has 0 N–H and O–H groups in total. The summed E-state index contributed by atoms with van der Waals surface area (Å²) in [5.74, 6) is -0.312. The molecule has 120 valence electrons. The Labute approximate surface area is 136 Å². The van der Waals surface area contributed by atoms with Crippen molar-refractivity contribution in [3.05, 3.63) is 47.8 Å². The van der Waals surface area contributed by atoms with Crippen molar-refractivity contribution in [1.29, 1.82) is 0 Å². The van der Waals surface area contributed by atoms with E-state index in [4.69, 9.17) is 4.74 Å². The molecule has 3 rings (SSSR count). The number of nitrogens with zero attached hydrogens (tertiary/aromatic N) is 1. The molecule has 2 aromatic rings. The van der Waals surface area contributed by atoms with Crippen LogP contribution >= 0.6 is 0 Å². The smallest absolute Gasteiger partial charge is 0.340 e. The van der Waals surface area contributed by atoms with Crippen LogP contribution in [0.5, 0.6) is 0 Å². The van der Waals surface area contributed by atoms with E-state index in [9.17, 15) is 9.59 Å². The van der Waals surface area contributed by atoms with Gasteiger partial charge in [-0.25, -0.2) is 4.79 Å². The van der Waals surface area contributed by atoms with Crippen molar-refractivity contribution in [2.45, 2.75) is 33.1 Å². The average molecular weight is 311 g/mol. The first-order chi connectivity index (χ1) is 11.0. The third-order valence-corrected chi connectivity index (χ3v) is 4.68. The normalized spacial score (nSPS) is 19.7. The lowest BCUT2D eigenvalue weighted by Gasteiger charge is -2.20. The van der Waals surface area contributed by atoms with Crippen molar-refractivity contribution in [1.82, 2.24) is 4.57 Å². The minimum atomic E-state index is -0.428. The molecular formula is C19H21NO3. The summed E-state index contributed by atoms with van der Waals surface area (Å²) in [7, 11) is 1.38. The molecule has 0 radical (unpaired) electrons. The molecule has 0 amide bonds. The standard InChI is InChI=1S/C19H21NO3/c1-4-10-19(2)11-15-16(17(21)23-3)14(12-20(15)18(19)22)13-8-6-5-7-9-13/h5-9,12H,4,10-11H2,1-3H3. The molecule has 0 saturated heterocycles. The minimum Gasteiger partial charge on any atom is -0.465 e. The second kappa shape index (κ2) is 5.69. The first-order valence-corrected chi connectivity index (χ1v) is 7.94. The lowest BCUT2D eigenvalue weighted by molar-refractivity contribution is 0.0599. The quantitative estimate of drug-likeness (QED) is 0.803. The number of hydrogen-bond acceptors (Lipinski definition) is 3. The summed E-state index contributed by atoms with van der Waals surface area (Å²) in [5, 5.41) is 0. The lowest BCUT2D eigenvalue weighted by Crippen LogP contribution is -2.26. The number of benzene rings is 1. The summed E-state index contributed by atoms with van der Waals surface area (Å²) in [6, 6.07) is 9.64. The summed E-state index contributed by atoms with van der Waals surface area (Å²) in [6.07, 6.45) is 4.12. The van der Waals surface area contributed by atoms with E-state index in [1.54, 1.807) is 10.8 Å². The van der Waals surface area contributed by atoms with Crippen molar-refractivity contribution < 1.29 is 14.3 Å². The Balaban J connectivity index is 2.16. The molecule has 1 atom stereocenters. The van der Waals surface area contributed by atoms with E-state index in [2.05, 4.69) is 6.92 Å². The van der Waals surface area contributed by atoms with Gasteiger partial charge < -0.3 is 4.74 Å². The third-order valence-electron chi connectivity index (χ3n) is 4.68. The number of fused-ring (bicyclic) bond motifs is 1.